The molecule has 0 aromatic carbocycles. The van der Waals surface area contributed by atoms with Crippen molar-refractivity contribution in [3.8, 4) is 0 Å². The van der Waals surface area contributed by atoms with Crippen molar-refractivity contribution in [2.24, 2.45) is 5.73 Å². The maximum Gasteiger partial charge on any atom is 0.250 e. The molecule has 1 aliphatic carbocycles. The summed E-state index contributed by atoms with van der Waals surface area (Å²) < 4.78 is 26.4. The Morgan fingerprint density at radius 3 is 2.35 bits per heavy atom. The average Bonchev–Trinajstić information content (AvgIpc) is 3.27. The van der Waals surface area contributed by atoms with Crippen molar-refractivity contribution in [2.45, 2.75) is 43.6 Å². The first-order valence-electron chi connectivity index (χ1n) is 7.23. The third kappa shape index (κ3) is 2.96. The summed E-state index contributed by atoms with van der Waals surface area (Å²) in [5, 5.41) is 0. The number of halogens is 2. The number of rotatable bonds is 4. The van der Waals surface area contributed by atoms with Gasteiger partial charge in [-0.05, 0) is 12.8 Å². The molecule has 110 valence electrons. The van der Waals surface area contributed by atoms with E-state index in [-0.39, 0.29) is 18.9 Å². The van der Waals surface area contributed by atoms with Gasteiger partial charge in [0.2, 0.25) is 0 Å². The molecule has 0 amide bonds. The van der Waals surface area contributed by atoms with Crippen LogP contribution in [0.15, 0.2) is 12.4 Å². The van der Waals surface area contributed by atoms with Crippen LogP contribution in [0.5, 0.6) is 0 Å². The molecule has 1 aromatic heterocycles. The first-order valence-corrected chi connectivity index (χ1v) is 7.23. The number of nitrogens with zero attached hydrogens (tertiary/aromatic N) is 3. The molecule has 6 heteroatoms. The highest BCUT2D eigenvalue weighted by Gasteiger charge is 2.36. The Morgan fingerprint density at radius 2 is 1.85 bits per heavy atom. The fraction of sp³-hybridized carbons (Fsp3) is 0.714. The molecule has 2 N–H and O–H groups in total. The normalized spacial score (nSPS) is 24.6. The highest BCUT2D eigenvalue weighted by atomic mass is 19.3. The first-order chi connectivity index (χ1) is 9.59. The van der Waals surface area contributed by atoms with E-state index in [1.54, 1.807) is 0 Å². The lowest BCUT2D eigenvalue weighted by Crippen LogP contribution is -2.43. The van der Waals surface area contributed by atoms with Crippen LogP contribution in [0.2, 0.25) is 0 Å². The fourth-order valence-corrected chi connectivity index (χ4v) is 2.73. The van der Waals surface area contributed by atoms with Gasteiger partial charge in [0.25, 0.3) is 5.92 Å². The zero-order valence-electron chi connectivity index (χ0n) is 11.4. The number of alkyl halides is 2. The summed E-state index contributed by atoms with van der Waals surface area (Å²) >= 11 is 0. The van der Waals surface area contributed by atoms with E-state index in [1.165, 1.54) is 12.8 Å². The highest BCUT2D eigenvalue weighted by Crippen LogP contribution is 2.38. The Morgan fingerprint density at radius 1 is 1.25 bits per heavy atom. The van der Waals surface area contributed by atoms with Gasteiger partial charge < -0.3 is 5.73 Å². The summed E-state index contributed by atoms with van der Waals surface area (Å²) in [6.07, 6.45) is 5.77. The SMILES string of the molecule is NCC(c1cnc(C2CC2)nc1)N1CCC(F)(F)CC1. The van der Waals surface area contributed by atoms with E-state index in [9.17, 15) is 8.78 Å². The zero-order valence-corrected chi connectivity index (χ0v) is 11.4. The molecule has 3 rings (SSSR count). The van der Waals surface area contributed by atoms with Crippen molar-refractivity contribution >= 4 is 0 Å². The Bertz CT molecular complexity index is 449. The number of piperidine rings is 1. The van der Waals surface area contributed by atoms with E-state index in [2.05, 4.69) is 9.97 Å². The van der Waals surface area contributed by atoms with Crippen LogP contribution in [-0.2, 0) is 0 Å². The lowest BCUT2D eigenvalue weighted by molar-refractivity contribution is -0.0627. The number of aromatic nitrogens is 2. The van der Waals surface area contributed by atoms with Gasteiger partial charge in [0.15, 0.2) is 0 Å². The molecule has 2 aliphatic rings. The predicted octanol–water partition coefficient (Wildman–Crippen LogP) is 2.08. The number of hydrogen-bond acceptors (Lipinski definition) is 4. The van der Waals surface area contributed by atoms with E-state index in [1.807, 2.05) is 17.3 Å². The van der Waals surface area contributed by atoms with Gasteiger partial charge in [0.05, 0.1) is 6.04 Å². The molecule has 2 heterocycles. The van der Waals surface area contributed by atoms with E-state index < -0.39 is 5.92 Å². The standard InChI is InChI=1S/C14H20F2N4/c15-14(16)3-5-20(6-4-14)12(7-17)11-8-18-13(19-9-11)10-1-2-10/h8-10,12H,1-7,17H2. The molecule has 0 radical (unpaired) electrons. The molecule has 1 saturated heterocycles. The minimum atomic E-state index is -2.53. The van der Waals surface area contributed by atoms with Crippen LogP contribution >= 0.6 is 0 Å². The molecule has 1 saturated carbocycles. The third-order valence-corrected chi connectivity index (χ3v) is 4.21. The second-order valence-corrected chi connectivity index (χ2v) is 5.79. The summed E-state index contributed by atoms with van der Waals surface area (Å²) in [6.45, 7) is 1.15. The van der Waals surface area contributed by atoms with E-state index >= 15 is 0 Å². The van der Waals surface area contributed by atoms with Crippen LogP contribution in [-0.4, -0.2) is 40.4 Å². The average molecular weight is 282 g/mol. The van der Waals surface area contributed by atoms with E-state index in [0.717, 1.165) is 11.4 Å². The van der Waals surface area contributed by atoms with Gasteiger partial charge in [-0.15, -0.1) is 0 Å². The van der Waals surface area contributed by atoms with Crippen LogP contribution < -0.4 is 5.73 Å². The predicted molar refractivity (Wildman–Crippen MR) is 71.6 cm³/mol. The number of nitrogens with two attached hydrogens (primary N) is 1. The third-order valence-electron chi connectivity index (χ3n) is 4.21. The molecular weight excluding hydrogens is 262 g/mol. The van der Waals surface area contributed by atoms with Crippen molar-refractivity contribution < 1.29 is 8.78 Å². The van der Waals surface area contributed by atoms with Crippen LogP contribution in [0.3, 0.4) is 0 Å². The van der Waals surface area contributed by atoms with E-state index in [0.29, 0.717) is 25.6 Å². The van der Waals surface area contributed by atoms with Gasteiger partial charge in [0, 0.05) is 56.4 Å². The van der Waals surface area contributed by atoms with Crippen LogP contribution in [0.1, 0.15) is 49.0 Å². The molecule has 2 fully saturated rings. The molecule has 1 aromatic rings. The zero-order chi connectivity index (χ0) is 14.2. The van der Waals surface area contributed by atoms with Crippen molar-refractivity contribution in [1.29, 1.82) is 0 Å². The van der Waals surface area contributed by atoms with Gasteiger partial charge in [-0.25, -0.2) is 18.7 Å². The summed E-state index contributed by atoms with van der Waals surface area (Å²) in [7, 11) is 0. The maximum absolute atomic E-state index is 13.2. The molecule has 4 nitrogen and oxygen atoms in total. The lowest BCUT2D eigenvalue weighted by atomic mass is 10.0. The Labute approximate surface area is 117 Å². The lowest BCUT2D eigenvalue weighted by Gasteiger charge is -2.36. The topological polar surface area (TPSA) is 55.0 Å². The molecule has 1 atom stereocenters. The maximum atomic E-state index is 13.2. The van der Waals surface area contributed by atoms with Crippen molar-refractivity contribution in [1.82, 2.24) is 14.9 Å². The molecule has 0 bridgehead atoms. The van der Waals surface area contributed by atoms with Crippen molar-refractivity contribution in [3.63, 3.8) is 0 Å². The van der Waals surface area contributed by atoms with Gasteiger partial charge in [-0.2, -0.15) is 0 Å². The van der Waals surface area contributed by atoms with Crippen LogP contribution in [0.4, 0.5) is 8.78 Å². The van der Waals surface area contributed by atoms with Crippen molar-refractivity contribution in [3.05, 3.63) is 23.8 Å². The van der Waals surface area contributed by atoms with Gasteiger partial charge in [-0.3, -0.25) is 4.90 Å². The number of likely N-dealkylation sites (tertiary alicyclic amines) is 1. The Balaban J connectivity index is 1.69. The van der Waals surface area contributed by atoms with Gasteiger partial charge >= 0.3 is 0 Å². The summed E-state index contributed by atoms with van der Waals surface area (Å²) in [6, 6.07) is -0.0562. The van der Waals surface area contributed by atoms with Crippen molar-refractivity contribution in [2.75, 3.05) is 19.6 Å². The fourth-order valence-electron chi connectivity index (χ4n) is 2.73. The largest absolute Gasteiger partial charge is 0.329 e. The van der Waals surface area contributed by atoms with Gasteiger partial charge in [-0.1, -0.05) is 0 Å². The molecule has 1 unspecified atom stereocenters. The minimum absolute atomic E-state index is 0.0562. The van der Waals surface area contributed by atoms with Crippen LogP contribution in [0.25, 0.3) is 0 Å². The van der Waals surface area contributed by atoms with E-state index in [4.69, 9.17) is 5.73 Å². The van der Waals surface area contributed by atoms with Gasteiger partial charge in [0.1, 0.15) is 5.82 Å². The molecule has 1 aliphatic heterocycles. The highest BCUT2D eigenvalue weighted by molar-refractivity contribution is 5.15. The molecule has 20 heavy (non-hydrogen) atoms. The summed E-state index contributed by atoms with van der Waals surface area (Å²) in [5.41, 5.74) is 6.76. The smallest absolute Gasteiger partial charge is 0.250 e. The quantitative estimate of drug-likeness (QED) is 0.918. The first kappa shape index (κ1) is 13.8. The molecular formula is C14H20F2N4. The number of hydrogen-bond donors (Lipinski definition) is 1. The summed E-state index contributed by atoms with van der Waals surface area (Å²) in [4.78, 5) is 10.8. The Hall–Kier alpha value is -1.14. The second kappa shape index (κ2) is 5.33. The second-order valence-electron chi connectivity index (χ2n) is 5.79. The monoisotopic (exact) mass is 282 g/mol. The molecule has 0 spiro atoms. The summed E-state index contributed by atoms with van der Waals surface area (Å²) in [5.74, 6) is -1.11. The van der Waals surface area contributed by atoms with Crippen LogP contribution in [0, 0.1) is 0 Å². The minimum Gasteiger partial charge on any atom is -0.329 e. The Kier molecular flexibility index (Phi) is 3.69.